The molecule has 0 aromatic heterocycles. The number of nitrogens with one attached hydrogen (secondary N) is 1. The molecule has 1 unspecified atom stereocenters. The van der Waals surface area contributed by atoms with E-state index in [9.17, 15) is 13.2 Å². The van der Waals surface area contributed by atoms with Crippen LogP contribution in [0.25, 0.3) is 0 Å². The van der Waals surface area contributed by atoms with Crippen LogP contribution in [0.15, 0.2) is 0 Å². The van der Waals surface area contributed by atoms with Gasteiger partial charge in [-0.3, -0.25) is 4.79 Å². The lowest BCUT2D eigenvalue weighted by atomic mass is 10.2. The van der Waals surface area contributed by atoms with Crippen molar-refractivity contribution in [1.82, 2.24) is 9.03 Å². The molecule has 0 amide bonds. The van der Waals surface area contributed by atoms with Gasteiger partial charge in [-0.1, -0.05) is 12.8 Å². The fourth-order valence-electron chi connectivity index (χ4n) is 1.90. The van der Waals surface area contributed by atoms with Gasteiger partial charge in [-0.05, 0) is 26.7 Å². The van der Waals surface area contributed by atoms with Crippen molar-refractivity contribution >= 4 is 16.2 Å². The van der Waals surface area contributed by atoms with Crippen molar-refractivity contribution in [2.24, 2.45) is 0 Å². The minimum Gasteiger partial charge on any atom is -0.465 e. The van der Waals surface area contributed by atoms with Crippen LogP contribution in [-0.2, 0) is 19.7 Å². The molecule has 1 heterocycles. The summed E-state index contributed by atoms with van der Waals surface area (Å²) in [5.41, 5.74) is 0. The lowest BCUT2D eigenvalue weighted by Gasteiger charge is -2.22. The Hall–Kier alpha value is -0.660. The SMILES string of the molecule is CCOC(=O)C(C)NS(=O)(=O)N1CCCCCC1. The highest BCUT2D eigenvalue weighted by Gasteiger charge is 2.27. The maximum absolute atomic E-state index is 12.1. The minimum absolute atomic E-state index is 0.245. The van der Waals surface area contributed by atoms with Gasteiger partial charge in [-0.2, -0.15) is 17.4 Å². The Kier molecular flexibility index (Phi) is 6.04. The molecule has 1 aliphatic rings. The van der Waals surface area contributed by atoms with Crippen molar-refractivity contribution in [1.29, 1.82) is 0 Å². The van der Waals surface area contributed by atoms with Gasteiger partial charge >= 0.3 is 5.97 Å². The maximum atomic E-state index is 12.1. The Morgan fingerprint density at radius 2 is 1.83 bits per heavy atom. The van der Waals surface area contributed by atoms with E-state index < -0.39 is 22.2 Å². The second-order valence-electron chi connectivity index (χ2n) is 4.41. The first-order valence-electron chi connectivity index (χ1n) is 6.41. The Bertz CT molecular complexity index is 361. The van der Waals surface area contributed by atoms with E-state index in [1.807, 2.05) is 0 Å². The van der Waals surface area contributed by atoms with Gasteiger partial charge in [0, 0.05) is 13.1 Å². The van der Waals surface area contributed by atoms with Gasteiger partial charge in [0.15, 0.2) is 0 Å². The summed E-state index contributed by atoms with van der Waals surface area (Å²) in [5.74, 6) is -0.545. The van der Waals surface area contributed by atoms with Gasteiger partial charge in [-0.15, -0.1) is 0 Å². The number of rotatable bonds is 5. The Morgan fingerprint density at radius 3 is 2.33 bits per heavy atom. The van der Waals surface area contributed by atoms with E-state index >= 15 is 0 Å². The zero-order chi connectivity index (χ0) is 13.6. The molecule has 0 aromatic carbocycles. The van der Waals surface area contributed by atoms with Crippen LogP contribution in [0.2, 0.25) is 0 Å². The number of nitrogens with zero attached hydrogens (tertiary/aromatic N) is 1. The number of esters is 1. The normalized spacial score (nSPS) is 20.1. The van der Waals surface area contributed by atoms with Gasteiger partial charge < -0.3 is 4.74 Å². The van der Waals surface area contributed by atoms with Crippen LogP contribution in [0.1, 0.15) is 39.5 Å². The van der Waals surface area contributed by atoms with Gasteiger partial charge in [0.2, 0.25) is 0 Å². The number of hydrogen-bond donors (Lipinski definition) is 1. The van der Waals surface area contributed by atoms with Crippen molar-refractivity contribution in [2.75, 3.05) is 19.7 Å². The third-order valence-electron chi connectivity index (χ3n) is 2.87. The van der Waals surface area contributed by atoms with E-state index in [1.165, 1.54) is 11.2 Å². The average molecular weight is 278 g/mol. The Balaban J connectivity index is 2.59. The van der Waals surface area contributed by atoms with Crippen LogP contribution in [-0.4, -0.2) is 44.4 Å². The van der Waals surface area contributed by atoms with Crippen molar-refractivity contribution in [2.45, 2.75) is 45.6 Å². The van der Waals surface area contributed by atoms with Crippen molar-refractivity contribution in [3.63, 3.8) is 0 Å². The van der Waals surface area contributed by atoms with Gasteiger partial charge in [0.1, 0.15) is 6.04 Å². The molecule has 0 radical (unpaired) electrons. The molecule has 1 aliphatic heterocycles. The number of carbonyl (C=O) groups is 1. The second kappa shape index (κ2) is 7.06. The quantitative estimate of drug-likeness (QED) is 0.749. The Labute approximate surface area is 109 Å². The molecule has 6 nitrogen and oxygen atoms in total. The third-order valence-corrected chi connectivity index (χ3v) is 4.57. The second-order valence-corrected chi connectivity index (χ2v) is 6.11. The van der Waals surface area contributed by atoms with Crippen LogP contribution in [0.5, 0.6) is 0 Å². The van der Waals surface area contributed by atoms with Crippen LogP contribution >= 0.6 is 0 Å². The Morgan fingerprint density at radius 1 is 1.28 bits per heavy atom. The minimum atomic E-state index is -3.59. The summed E-state index contributed by atoms with van der Waals surface area (Å²) in [6.07, 6.45) is 3.85. The fraction of sp³-hybridized carbons (Fsp3) is 0.909. The smallest absolute Gasteiger partial charge is 0.323 e. The molecule has 0 bridgehead atoms. The van der Waals surface area contributed by atoms with Crippen molar-refractivity contribution in [3.05, 3.63) is 0 Å². The topological polar surface area (TPSA) is 75.7 Å². The number of carbonyl (C=O) groups excluding carboxylic acids is 1. The molecule has 7 heteroatoms. The molecule has 1 saturated heterocycles. The van der Waals surface area contributed by atoms with E-state index in [1.54, 1.807) is 6.92 Å². The van der Waals surface area contributed by atoms with Crippen LogP contribution in [0.4, 0.5) is 0 Å². The predicted octanol–water partition coefficient (Wildman–Crippen LogP) is 0.648. The highest BCUT2D eigenvalue weighted by atomic mass is 32.2. The first-order chi connectivity index (χ1) is 8.47. The summed E-state index contributed by atoms with van der Waals surface area (Å²) in [6, 6.07) is -0.849. The monoisotopic (exact) mass is 278 g/mol. The molecular weight excluding hydrogens is 256 g/mol. The first-order valence-corrected chi connectivity index (χ1v) is 7.85. The van der Waals surface area contributed by atoms with E-state index in [4.69, 9.17) is 4.74 Å². The summed E-state index contributed by atoms with van der Waals surface area (Å²) >= 11 is 0. The summed E-state index contributed by atoms with van der Waals surface area (Å²) in [4.78, 5) is 11.4. The predicted molar refractivity (Wildman–Crippen MR) is 68.2 cm³/mol. The molecule has 0 saturated carbocycles. The van der Waals surface area contributed by atoms with Crippen molar-refractivity contribution < 1.29 is 17.9 Å². The highest BCUT2D eigenvalue weighted by Crippen LogP contribution is 2.12. The van der Waals surface area contributed by atoms with E-state index in [2.05, 4.69) is 4.72 Å². The summed E-state index contributed by atoms with van der Waals surface area (Å²) in [6.45, 7) is 4.46. The summed E-state index contributed by atoms with van der Waals surface area (Å²) in [7, 11) is -3.59. The molecule has 1 atom stereocenters. The van der Waals surface area contributed by atoms with Crippen molar-refractivity contribution in [3.8, 4) is 0 Å². The zero-order valence-corrected chi connectivity index (χ0v) is 11.8. The summed E-state index contributed by atoms with van der Waals surface area (Å²) in [5, 5.41) is 0. The standard InChI is InChI=1S/C11H22N2O4S/c1-3-17-11(14)10(2)12-18(15,16)13-8-6-4-5-7-9-13/h10,12H,3-9H2,1-2H3. The van der Waals surface area contributed by atoms with Crippen LogP contribution < -0.4 is 4.72 Å². The first kappa shape index (κ1) is 15.4. The lowest BCUT2D eigenvalue weighted by Crippen LogP contribution is -2.47. The molecule has 0 spiro atoms. The largest absolute Gasteiger partial charge is 0.465 e. The maximum Gasteiger partial charge on any atom is 0.323 e. The molecule has 0 aliphatic carbocycles. The van der Waals surface area contributed by atoms with Crippen LogP contribution in [0, 0.1) is 0 Å². The lowest BCUT2D eigenvalue weighted by molar-refractivity contribution is -0.144. The summed E-state index contributed by atoms with van der Waals surface area (Å²) < 4.78 is 32.7. The van der Waals surface area contributed by atoms with Gasteiger partial charge in [0.25, 0.3) is 10.2 Å². The average Bonchev–Trinajstić information content (AvgIpc) is 2.57. The molecule has 1 rings (SSSR count). The third kappa shape index (κ3) is 4.55. The van der Waals surface area contributed by atoms with E-state index in [0.29, 0.717) is 13.1 Å². The molecule has 0 aromatic rings. The fourth-order valence-corrected chi connectivity index (χ4v) is 3.33. The van der Waals surface area contributed by atoms with E-state index in [0.717, 1.165) is 25.7 Å². The molecule has 1 fully saturated rings. The molecular formula is C11H22N2O4S. The van der Waals surface area contributed by atoms with E-state index in [-0.39, 0.29) is 6.61 Å². The molecule has 106 valence electrons. The van der Waals surface area contributed by atoms with Gasteiger partial charge in [-0.25, -0.2) is 0 Å². The van der Waals surface area contributed by atoms with Gasteiger partial charge in [0.05, 0.1) is 6.61 Å². The number of hydrogen-bond acceptors (Lipinski definition) is 4. The molecule has 1 N–H and O–H groups in total. The molecule has 18 heavy (non-hydrogen) atoms. The zero-order valence-electron chi connectivity index (χ0n) is 11.0. The van der Waals surface area contributed by atoms with Crippen LogP contribution in [0.3, 0.4) is 0 Å². The highest BCUT2D eigenvalue weighted by molar-refractivity contribution is 7.87. The number of ether oxygens (including phenoxy) is 1.